The molecule has 0 bridgehead atoms. The van der Waals surface area contributed by atoms with Crippen LogP contribution in [0.15, 0.2) is 0 Å². The zero-order valence-electron chi connectivity index (χ0n) is 11.4. The first kappa shape index (κ1) is 14.8. The van der Waals surface area contributed by atoms with Crippen LogP contribution < -0.4 is 11.3 Å². The summed E-state index contributed by atoms with van der Waals surface area (Å²) in [6.45, 7) is 6.13. The predicted molar refractivity (Wildman–Crippen MR) is 67.5 cm³/mol. The van der Waals surface area contributed by atoms with Crippen molar-refractivity contribution in [3.63, 3.8) is 0 Å². The van der Waals surface area contributed by atoms with Crippen LogP contribution in [0.1, 0.15) is 46.5 Å². The number of rotatable bonds is 2. The molecule has 0 unspecified atom stereocenters. The van der Waals surface area contributed by atoms with Crippen molar-refractivity contribution in [3.8, 4) is 0 Å². The van der Waals surface area contributed by atoms with Crippen LogP contribution in [0.2, 0.25) is 0 Å². The Hall–Kier alpha value is -1.30. The lowest BCUT2D eigenvalue weighted by Crippen LogP contribution is -2.48. The van der Waals surface area contributed by atoms with E-state index in [1.165, 1.54) is 0 Å². The summed E-state index contributed by atoms with van der Waals surface area (Å²) < 4.78 is 5.35. The Morgan fingerprint density at radius 3 is 2.61 bits per heavy atom. The summed E-state index contributed by atoms with van der Waals surface area (Å²) >= 11 is 0. The molecule has 1 heterocycles. The van der Waals surface area contributed by atoms with Crippen molar-refractivity contribution in [2.45, 2.75) is 58.1 Å². The third kappa shape index (κ3) is 4.52. The molecule has 3 N–H and O–H groups in total. The Labute approximate surface area is 108 Å². The molecule has 1 rings (SSSR count). The fraction of sp³-hybridized carbons (Fsp3) is 0.833. The molecule has 0 radical (unpaired) electrons. The molecule has 1 aliphatic heterocycles. The summed E-state index contributed by atoms with van der Waals surface area (Å²) in [6, 6.07) is -0.114. The van der Waals surface area contributed by atoms with E-state index in [1.807, 2.05) is 20.8 Å². The van der Waals surface area contributed by atoms with Crippen LogP contribution in [0.4, 0.5) is 4.79 Å². The molecule has 1 aliphatic rings. The molecule has 0 aromatic rings. The average molecular weight is 257 g/mol. The van der Waals surface area contributed by atoms with E-state index in [4.69, 9.17) is 10.6 Å². The van der Waals surface area contributed by atoms with Crippen molar-refractivity contribution in [1.29, 1.82) is 0 Å². The number of hydrogen-bond acceptors (Lipinski definition) is 4. The van der Waals surface area contributed by atoms with E-state index in [-0.39, 0.29) is 24.5 Å². The number of ether oxygens (including phenoxy) is 1. The Bertz CT molecular complexity index is 312. The maximum Gasteiger partial charge on any atom is 0.410 e. The van der Waals surface area contributed by atoms with E-state index in [0.717, 1.165) is 19.3 Å². The number of nitrogens with zero attached hydrogens (tertiary/aromatic N) is 1. The minimum atomic E-state index is -0.519. The number of carbonyl (C=O) groups is 2. The largest absolute Gasteiger partial charge is 0.444 e. The third-order valence-electron chi connectivity index (χ3n) is 2.84. The van der Waals surface area contributed by atoms with Gasteiger partial charge < -0.3 is 9.64 Å². The monoisotopic (exact) mass is 257 g/mol. The Balaban J connectivity index is 2.64. The summed E-state index contributed by atoms with van der Waals surface area (Å²) in [4.78, 5) is 25.0. The van der Waals surface area contributed by atoms with Gasteiger partial charge in [-0.3, -0.25) is 10.2 Å². The molecule has 0 aromatic heterocycles. The van der Waals surface area contributed by atoms with Crippen molar-refractivity contribution in [2.75, 3.05) is 6.54 Å². The van der Waals surface area contributed by atoms with Gasteiger partial charge in [-0.15, -0.1) is 0 Å². The molecule has 0 aromatic carbocycles. The Morgan fingerprint density at radius 2 is 2.06 bits per heavy atom. The number of likely N-dealkylation sites (tertiary alicyclic amines) is 1. The summed E-state index contributed by atoms with van der Waals surface area (Å²) in [5.41, 5.74) is 1.58. The first-order chi connectivity index (χ1) is 8.33. The molecule has 6 heteroatoms. The number of carbonyl (C=O) groups excluding carboxylic acids is 2. The summed E-state index contributed by atoms with van der Waals surface area (Å²) in [6.07, 6.45) is 2.65. The molecule has 104 valence electrons. The molecular weight excluding hydrogens is 234 g/mol. The summed E-state index contributed by atoms with van der Waals surface area (Å²) in [7, 11) is 0. The van der Waals surface area contributed by atoms with Crippen LogP contribution in [0.3, 0.4) is 0 Å². The van der Waals surface area contributed by atoms with Gasteiger partial charge >= 0.3 is 6.09 Å². The second-order valence-corrected chi connectivity index (χ2v) is 5.59. The average Bonchev–Trinajstić information content (AvgIpc) is 2.27. The van der Waals surface area contributed by atoms with Gasteiger partial charge in [-0.25, -0.2) is 10.6 Å². The smallest absolute Gasteiger partial charge is 0.410 e. The van der Waals surface area contributed by atoms with E-state index in [2.05, 4.69) is 5.43 Å². The van der Waals surface area contributed by atoms with Gasteiger partial charge in [0.25, 0.3) is 0 Å². The Kier molecular flexibility index (Phi) is 4.95. The first-order valence-electron chi connectivity index (χ1n) is 6.32. The van der Waals surface area contributed by atoms with Gasteiger partial charge in [-0.2, -0.15) is 0 Å². The van der Waals surface area contributed by atoms with Crippen molar-refractivity contribution < 1.29 is 14.3 Å². The number of piperidine rings is 1. The van der Waals surface area contributed by atoms with Crippen molar-refractivity contribution >= 4 is 12.0 Å². The maximum absolute atomic E-state index is 12.0. The quantitative estimate of drug-likeness (QED) is 0.441. The molecule has 0 spiro atoms. The lowest BCUT2D eigenvalue weighted by Gasteiger charge is -2.36. The molecule has 1 atom stereocenters. The predicted octanol–water partition coefficient (Wildman–Crippen LogP) is 1.16. The lowest BCUT2D eigenvalue weighted by atomic mass is 9.99. The number of hydrazine groups is 1. The highest BCUT2D eigenvalue weighted by molar-refractivity contribution is 5.77. The van der Waals surface area contributed by atoms with Gasteiger partial charge in [0, 0.05) is 19.0 Å². The molecule has 0 aliphatic carbocycles. The zero-order chi connectivity index (χ0) is 13.8. The molecule has 1 fully saturated rings. The molecule has 0 saturated carbocycles. The fourth-order valence-corrected chi connectivity index (χ4v) is 2.05. The van der Waals surface area contributed by atoms with Crippen molar-refractivity contribution in [1.82, 2.24) is 10.3 Å². The van der Waals surface area contributed by atoms with Crippen molar-refractivity contribution in [2.24, 2.45) is 5.84 Å². The highest BCUT2D eigenvalue weighted by Crippen LogP contribution is 2.22. The molecular formula is C12H23N3O3. The number of amides is 2. The zero-order valence-corrected chi connectivity index (χ0v) is 11.4. The fourth-order valence-electron chi connectivity index (χ4n) is 2.05. The molecule has 18 heavy (non-hydrogen) atoms. The highest BCUT2D eigenvalue weighted by atomic mass is 16.6. The van der Waals surface area contributed by atoms with Crippen LogP contribution in [-0.2, 0) is 9.53 Å². The minimum absolute atomic E-state index is 0.114. The number of nitrogens with two attached hydrogens (primary N) is 1. The lowest BCUT2D eigenvalue weighted by molar-refractivity contribution is -0.122. The van der Waals surface area contributed by atoms with E-state index < -0.39 is 5.60 Å². The normalized spacial score (nSPS) is 20.4. The molecule has 6 nitrogen and oxygen atoms in total. The van der Waals surface area contributed by atoms with Crippen LogP contribution in [0.25, 0.3) is 0 Å². The second kappa shape index (κ2) is 6.04. The number of hydrogen-bond donors (Lipinski definition) is 2. The van der Waals surface area contributed by atoms with Crippen LogP contribution in [0, 0.1) is 0 Å². The van der Waals surface area contributed by atoms with E-state index in [1.54, 1.807) is 4.90 Å². The second-order valence-electron chi connectivity index (χ2n) is 5.59. The van der Waals surface area contributed by atoms with Gasteiger partial charge in [-0.05, 0) is 40.0 Å². The minimum Gasteiger partial charge on any atom is -0.444 e. The highest BCUT2D eigenvalue weighted by Gasteiger charge is 2.31. The summed E-state index contributed by atoms with van der Waals surface area (Å²) in [5, 5.41) is 0. The van der Waals surface area contributed by atoms with Crippen molar-refractivity contribution in [3.05, 3.63) is 0 Å². The molecule has 1 saturated heterocycles. The van der Waals surface area contributed by atoms with E-state index in [0.29, 0.717) is 6.54 Å². The van der Waals surface area contributed by atoms with E-state index in [9.17, 15) is 9.59 Å². The van der Waals surface area contributed by atoms with Gasteiger partial charge in [0.2, 0.25) is 5.91 Å². The number of nitrogens with one attached hydrogen (secondary N) is 1. The third-order valence-corrected chi connectivity index (χ3v) is 2.84. The standard InChI is InChI=1S/C12H23N3O3/c1-12(2,3)18-11(17)15-7-5-4-6-9(15)8-10(16)14-13/h9H,4-8,13H2,1-3H3,(H,14,16)/t9-/m0/s1. The summed E-state index contributed by atoms with van der Waals surface area (Å²) in [5.74, 6) is 4.82. The topological polar surface area (TPSA) is 84.7 Å². The van der Waals surface area contributed by atoms with Gasteiger partial charge in [0.1, 0.15) is 5.60 Å². The SMILES string of the molecule is CC(C)(C)OC(=O)N1CCCC[C@H]1CC(=O)NN. The van der Waals surface area contributed by atoms with Crippen LogP contribution in [-0.4, -0.2) is 35.1 Å². The molecule has 2 amide bonds. The Morgan fingerprint density at radius 1 is 1.39 bits per heavy atom. The van der Waals surface area contributed by atoms with Crippen LogP contribution >= 0.6 is 0 Å². The van der Waals surface area contributed by atoms with Crippen LogP contribution in [0.5, 0.6) is 0 Å². The van der Waals surface area contributed by atoms with Gasteiger partial charge in [-0.1, -0.05) is 0 Å². The van der Waals surface area contributed by atoms with E-state index >= 15 is 0 Å². The first-order valence-corrected chi connectivity index (χ1v) is 6.32. The maximum atomic E-state index is 12.0. The van der Waals surface area contributed by atoms with Gasteiger partial charge in [0.05, 0.1) is 0 Å². The van der Waals surface area contributed by atoms with Gasteiger partial charge in [0.15, 0.2) is 0 Å².